The third kappa shape index (κ3) is 4.00. The molecule has 6 heteroatoms. The van der Waals surface area contributed by atoms with Gasteiger partial charge in [0, 0.05) is 24.2 Å². The molecule has 2 aromatic carbocycles. The summed E-state index contributed by atoms with van der Waals surface area (Å²) in [5.74, 6) is 1.57. The summed E-state index contributed by atoms with van der Waals surface area (Å²) in [4.78, 5) is 15.3. The number of carbonyl (C=O) groups is 1. The Balaban J connectivity index is 0.00000218. The number of fused-ring (bicyclic) bond motifs is 1. The number of aromatic nitrogens is 2. The summed E-state index contributed by atoms with van der Waals surface area (Å²) < 4.78 is 1.91. The molecule has 5 nitrogen and oxygen atoms in total. The largest absolute Gasteiger partial charge is 0.339 e. The first-order valence-corrected chi connectivity index (χ1v) is 10.5. The third-order valence-corrected chi connectivity index (χ3v) is 6.36. The molecule has 2 aliphatic rings. The molecule has 1 aromatic heterocycles. The fourth-order valence-corrected chi connectivity index (χ4v) is 4.71. The third-order valence-electron chi connectivity index (χ3n) is 6.36. The zero-order valence-corrected chi connectivity index (χ0v) is 17.7. The lowest BCUT2D eigenvalue weighted by Crippen LogP contribution is -2.32. The second kappa shape index (κ2) is 9.02. The molecule has 2 fully saturated rings. The highest BCUT2D eigenvalue weighted by Crippen LogP contribution is 2.28. The van der Waals surface area contributed by atoms with Crippen LogP contribution in [-0.2, 0) is 0 Å². The van der Waals surface area contributed by atoms with Crippen LogP contribution in [0.15, 0.2) is 66.9 Å². The molecule has 5 rings (SSSR count). The Bertz CT molecular complexity index is 989. The molecule has 1 N–H and O–H groups in total. The van der Waals surface area contributed by atoms with Crippen molar-refractivity contribution in [1.82, 2.24) is 20.0 Å². The van der Waals surface area contributed by atoms with Gasteiger partial charge in [-0.1, -0.05) is 36.4 Å². The van der Waals surface area contributed by atoms with Gasteiger partial charge in [-0.05, 0) is 62.0 Å². The van der Waals surface area contributed by atoms with E-state index in [-0.39, 0.29) is 18.3 Å². The number of benzene rings is 2. The normalized spacial score (nSPS) is 20.9. The van der Waals surface area contributed by atoms with Crippen LogP contribution in [0.3, 0.4) is 0 Å². The van der Waals surface area contributed by atoms with Crippen molar-refractivity contribution >= 4 is 18.3 Å². The average Bonchev–Trinajstić information content (AvgIpc) is 3.40. The first-order chi connectivity index (χ1) is 14.3. The van der Waals surface area contributed by atoms with Crippen LogP contribution in [0.2, 0.25) is 0 Å². The Morgan fingerprint density at radius 2 is 1.67 bits per heavy atom. The van der Waals surface area contributed by atoms with E-state index < -0.39 is 0 Å². The van der Waals surface area contributed by atoms with Crippen molar-refractivity contribution in [2.75, 3.05) is 26.2 Å². The predicted octanol–water partition coefficient (Wildman–Crippen LogP) is 4.03. The summed E-state index contributed by atoms with van der Waals surface area (Å²) >= 11 is 0. The van der Waals surface area contributed by atoms with E-state index in [4.69, 9.17) is 0 Å². The lowest BCUT2D eigenvalue weighted by Gasteiger charge is -2.21. The molecule has 0 spiro atoms. The van der Waals surface area contributed by atoms with Gasteiger partial charge in [-0.25, -0.2) is 4.68 Å². The van der Waals surface area contributed by atoms with Gasteiger partial charge in [0.25, 0.3) is 5.91 Å². The van der Waals surface area contributed by atoms with Gasteiger partial charge in [0.15, 0.2) is 0 Å². The molecule has 1 amide bonds. The standard InChI is InChI=1S/C24H26N4O.ClH/c29-24(27-13-10-20-16-25-17-21(20)11-14-27)19-7-4-8-22(15-19)28-23(9-12-26-28)18-5-2-1-3-6-18;/h1-9,12,15,20-21,25H,10-11,13-14,16-17H2;1H/t20-,21+;. The maximum absolute atomic E-state index is 13.2. The van der Waals surface area contributed by atoms with Crippen LogP contribution in [0.5, 0.6) is 0 Å². The number of nitrogens with zero attached hydrogens (tertiary/aromatic N) is 3. The highest BCUT2D eigenvalue weighted by molar-refractivity contribution is 5.94. The summed E-state index contributed by atoms with van der Waals surface area (Å²) in [6.07, 6.45) is 4.00. The van der Waals surface area contributed by atoms with Gasteiger partial charge >= 0.3 is 0 Å². The maximum Gasteiger partial charge on any atom is 0.253 e. The topological polar surface area (TPSA) is 50.2 Å². The molecule has 0 unspecified atom stereocenters. The number of hydrogen-bond acceptors (Lipinski definition) is 3. The monoisotopic (exact) mass is 422 g/mol. The molecule has 2 saturated heterocycles. The zero-order valence-electron chi connectivity index (χ0n) is 16.9. The summed E-state index contributed by atoms with van der Waals surface area (Å²) in [6.45, 7) is 3.90. The van der Waals surface area contributed by atoms with Crippen molar-refractivity contribution in [1.29, 1.82) is 0 Å². The second-order valence-electron chi connectivity index (χ2n) is 8.09. The highest BCUT2D eigenvalue weighted by Gasteiger charge is 2.31. The molecule has 3 aromatic rings. The van der Waals surface area contributed by atoms with Crippen molar-refractivity contribution in [3.8, 4) is 16.9 Å². The fraction of sp³-hybridized carbons (Fsp3) is 0.333. The van der Waals surface area contributed by atoms with E-state index in [0.29, 0.717) is 0 Å². The molecule has 3 heterocycles. The maximum atomic E-state index is 13.2. The van der Waals surface area contributed by atoms with Gasteiger partial charge in [0.2, 0.25) is 0 Å². The summed E-state index contributed by atoms with van der Waals surface area (Å²) in [5.41, 5.74) is 3.78. The Hall–Kier alpha value is -2.63. The van der Waals surface area contributed by atoms with E-state index in [2.05, 4.69) is 22.5 Å². The summed E-state index contributed by atoms with van der Waals surface area (Å²) in [6, 6.07) is 20.1. The van der Waals surface area contributed by atoms with Crippen molar-refractivity contribution in [3.63, 3.8) is 0 Å². The SMILES string of the molecule is Cl.O=C(c1cccc(-n2nccc2-c2ccccc2)c1)N1CC[C@@H]2CNC[C@@H]2CC1. The van der Waals surface area contributed by atoms with E-state index in [1.165, 1.54) is 0 Å². The van der Waals surface area contributed by atoms with Gasteiger partial charge in [-0.3, -0.25) is 4.79 Å². The van der Waals surface area contributed by atoms with Crippen LogP contribution < -0.4 is 5.32 Å². The number of nitrogens with one attached hydrogen (secondary N) is 1. The Labute approximate surface area is 183 Å². The molecular weight excluding hydrogens is 396 g/mol. The lowest BCUT2D eigenvalue weighted by molar-refractivity contribution is 0.0758. The van der Waals surface area contributed by atoms with Gasteiger partial charge in [0.1, 0.15) is 0 Å². The molecule has 2 atom stereocenters. The van der Waals surface area contributed by atoms with E-state index in [1.807, 2.05) is 58.1 Å². The Morgan fingerprint density at radius 3 is 2.40 bits per heavy atom. The van der Waals surface area contributed by atoms with Gasteiger partial charge in [-0.2, -0.15) is 5.10 Å². The number of hydrogen-bond donors (Lipinski definition) is 1. The fourth-order valence-electron chi connectivity index (χ4n) is 4.71. The van der Waals surface area contributed by atoms with E-state index in [1.54, 1.807) is 6.20 Å². The quantitative estimate of drug-likeness (QED) is 0.693. The molecule has 0 saturated carbocycles. The first-order valence-electron chi connectivity index (χ1n) is 10.5. The number of rotatable bonds is 3. The molecule has 0 aliphatic carbocycles. The first kappa shape index (κ1) is 20.6. The molecule has 2 aliphatic heterocycles. The van der Waals surface area contributed by atoms with E-state index in [9.17, 15) is 4.79 Å². The van der Waals surface area contributed by atoms with Crippen LogP contribution in [-0.4, -0.2) is 46.8 Å². The Morgan fingerprint density at radius 1 is 0.933 bits per heavy atom. The molecule has 30 heavy (non-hydrogen) atoms. The molecular formula is C24H27ClN4O. The zero-order chi connectivity index (χ0) is 19.6. The van der Waals surface area contributed by atoms with E-state index >= 15 is 0 Å². The van der Waals surface area contributed by atoms with Crippen LogP contribution >= 0.6 is 12.4 Å². The number of likely N-dealkylation sites (tertiary alicyclic amines) is 1. The minimum absolute atomic E-state index is 0. The van der Waals surface area contributed by atoms with Crippen LogP contribution in [0.1, 0.15) is 23.2 Å². The minimum Gasteiger partial charge on any atom is -0.339 e. The van der Waals surface area contributed by atoms with Crippen molar-refractivity contribution in [2.45, 2.75) is 12.8 Å². The predicted molar refractivity (Wildman–Crippen MR) is 121 cm³/mol. The van der Waals surface area contributed by atoms with Crippen LogP contribution in [0, 0.1) is 11.8 Å². The highest BCUT2D eigenvalue weighted by atomic mass is 35.5. The van der Waals surface area contributed by atoms with Gasteiger partial charge in [0.05, 0.1) is 17.6 Å². The minimum atomic E-state index is 0. The number of amides is 1. The molecule has 0 bridgehead atoms. The summed E-state index contributed by atoms with van der Waals surface area (Å²) in [7, 11) is 0. The molecule has 0 radical (unpaired) electrons. The van der Waals surface area contributed by atoms with E-state index in [0.717, 1.165) is 73.4 Å². The second-order valence-corrected chi connectivity index (χ2v) is 8.09. The molecule has 156 valence electrons. The lowest BCUT2D eigenvalue weighted by atomic mass is 9.92. The summed E-state index contributed by atoms with van der Waals surface area (Å²) in [5, 5.41) is 8.01. The number of halogens is 1. The van der Waals surface area contributed by atoms with Crippen molar-refractivity contribution < 1.29 is 4.79 Å². The smallest absolute Gasteiger partial charge is 0.253 e. The van der Waals surface area contributed by atoms with Gasteiger partial charge in [-0.15, -0.1) is 12.4 Å². The average molecular weight is 423 g/mol. The van der Waals surface area contributed by atoms with Crippen LogP contribution in [0.25, 0.3) is 16.9 Å². The van der Waals surface area contributed by atoms with Crippen molar-refractivity contribution in [3.05, 3.63) is 72.4 Å². The van der Waals surface area contributed by atoms with Crippen LogP contribution in [0.4, 0.5) is 0 Å². The van der Waals surface area contributed by atoms with Crippen molar-refractivity contribution in [2.24, 2.45) is 11.8 Å². The Kier molecular flexibility index (Phi) is 6.21. The number of carbonyl (C=O) groups excluding carboxylic acids is 1. The van der Waals surface area contributed by atoms with Gasteiger partial charge < -0.3 is 10.2 Å².